The molecule has 1 fully saturated rings. The van der Waals surface area contributed by atoms with Crippen LogP contribution in [0.25, 0.3) is 0 Å². The van der Waals surface area contributed by atoms with E-state index in [1.54, 1.807) is 14.2 Å². The molecule has 1 aliphatic rings. The molecule has 3 heteroatoms. The second-order valence-electron chi connectivity index (χ2n) is 3.83. The number of rotatable bonds is 4. The maximum Gasteiger partial charge on any atom is 0.224 e. The van der Waals surface area contributed by atoms with Gasteiger partial charge in [-0.3, -0.25) is 5.32 Å². The first-order valence-corrected chi connectivity index (χ1v) is 5.08. The van der Waals surface area contributed by atoms with E-state index >= 15 is 0 Å². The van der Waals surface area contributed by atoms with Crippen molar-refractivity contribution in [3.8, 4) is 0 Å². The predicted octanol–water partition coefficient (Wildman–Crippen LogP) is 1.88. The molecular formula is C10H21NO2. The van der Waals surface area contributed by atoms with Crippen LogP contribution in [0.15, 0.2) is 0 Å². The minimum Gasteiger partial charge on any atom is -0.341 e. The van der Waals surface area contributed by atoms with Gasteiger partial charge in [-0.2, -0.15) is 0 Å². The van der Waals surface area contributed by atoms with Crippen molar-refractivity contribution in [2.75, 3.05) is 14.2 Å². The predicted molar refractivity (Wildman–Crippen MR) is 52.4 cm³/mol. The monoisotopic (exact) mass is 187 g/mol. The van der Waals surface area contributed by atoms with Crippen molar-refractivity contribution in [1.82, 2.24) is 5.32 Å². The van der Waals surface area contributed by atoms with Crippen LogP contribution in [-0.2, 0) is 9.47 Å². The molecule has 0 aliphatic heterocycles. The summed E-state index contributed by atoms with van der Waals surface area (Å²) in [5, 5.41) is 3.39. The zero-order valence-corrected chi connectivity index (χ0v) is 8.93. The summed E-state index contributed by atoms with van der Waals surface area (Å²) in [6, 6.07) is 0.554. The molecule has 1 saturated carbocycles. The van der Waals surface area contributed by atoms with E-state index in [9.17, 15) is 0 Å². The van der Waals surface area contributed by atoms with Crippen LogP contribution in [0.2, 0.25) is 0 Å². The molecule has 0 atom stereocenters. The molecule has 0 aromatic rings. The summed E-state index contributed by atoms with van der Waals surface area (Å²) in [6.45, 7) is 1.92. The first-order valence-electron chi connectivity index (χ1n) is 5.08. The highest BCUT2D eigenvalue weighted by atomic mass is 16.7. The Morgan fingerprint density at radius 2 is 1.62 bits per heavy atom. The molecule has 0 heterocycles. The molecule has 0 aromatic heterocycles. The topological polar surface area (TPSA) is 30.5 Å². The highest BCUT2D eigenvalue weighted by molar-refractivity contribution is 4.75. The normalized spacial score (nSPS) is 20.5. The molecule has 0 amide bonds. The maximum absolute atomic E-state index is 5.26. The van der Waals surface area contributed by atoms with E-state index in [-0.39, 0.29) is 0 Å². The van der Waals surface area contributed by atoms with Gasteiger partial charge >= 0.3 is 0 Å². The van der Waals surface area contributed by atoms with Crippen LogP contribution in [0.4, 0.5) is 0 Å². The SMILES string of the molecule is COC(C)(NC1CCCCC1)OC. The Kier molecular flexibility index (Phi) is 4.16. The van der Waals surface area contributed by atoms with Crippen LogP contribution in [0, 0.1) is 0 Å². The van der Waals surface area contributed by atoms with Crippen LogP contribution < -0.4 is 5.32 Å². The number of nitrogens with one attached hydrogen (secondary N) is 1. The van der Waals surface area contributed by atoms with Gasteiger partial charge in [0.2, 0.25) is 5.91 Å². The molecule has 13 heavy (non-hydrogen) atoms. The molecule has 1 rings (SSSR count). The first kappa shape index (κ1) is 11.0. The van der Waals surface area contributed by atoms with E-state index in [2.05, 4.69) is 5.32 Å². The Hall–Kier alpha value is -0.120. The van der Waals surface area contributed by atoms with Crippen molar-refractivity contribution in [2.45, 2.75) is 51.0 Å². The molecule has 78 valence electrons. The minimum atomic E-state index is -0.609. The second kappa shape index (κ2) is 4.94. The summed E-state index contributed by atoms with van der Waals surface area (Å²) in [5.74, 6) is -0.609. The number of hydrogen-bond acceptors (Lipinski definition) is 3. The van der Waals surface area contributed by atoms with Crippen molar-refractivity contribution < 1.29 is 9.47 Å². The average molecular weight is 187 g/mol. The quantitative estimate of drug-likeness (QED) is 0.682. The summed E-state index contributed by atoms with van der Waals surface area (Å²) in [5.41, 5.74) is 0. The van der Waals surface area contributed by atoms with Gasteiger partial charge in [-0.15, -0.1) is 0 Å². The van der Waals surface area contributed by atoms with E-state index in [1.807, 2.05) is 6.92 Å². The van der Waals surface area contributed by atoms with Crippen LogP contribution >= 0.6 is 0 Å². The summed E-state index contributed by atoms with van der Waals surface area (Å²) in [4.78, 5) is 0. The van der Waals surface area contributed by atoms with Gasteiger partial charge in [-0.05, 0) is 12.8 Å². The van der Waals surface area contributed by atoms with Gasteiger partial charge in [0.1, 0.15) is 0 Å². The van der Waals surface area contributed by atoms with Gasteiger partial charge in [-0.1, -0.05) is 19.3 Å². The summed E-state index contributed by atoms with van der Waals surface area (Å²) >= 11 is 0. The number of methoxy groups -OCH3 is 2. The van der Waals surface area contributed by atoms with Crippen LogP contribution in [0.5, 0.6) is 0 Å². The zero-order chi connectivity index (χ0) is 9.73. The molecule has 0 saturated heterocycles. The lowest BCUT2D eigenvalue weighted by Gasteiger charge is -2.34. The van der Waals surface area contributed by atoms with Crippen LogP contribution in [0.1, 0.15) is 39.0 Å². The van der Waals surface area contributed by atoms with Gasteiger partial charge in [0.25, 0.3) is 0 Å². The summed E-state index contributed by atoms with van der Waals surface area (Å²) < 4.78 is 10.5. The molecule has 0 bridgehead atoms. The summed E-state index contributed by atoms with van der Waals surface area (Å²) in [6.07, 6.45) is 6.49. The fourth-order valence-corrected chi connectivity index (χ4v) is 1.82. The average Bonchev–Trinajstić information content (AvgIpc) is 2.19. The van der Waals surface area contributed by atoms with E-state index in [0.717, 1.165) is 0 Å². The van der Waals surface area contributed by atoms with E-state index in [1.165, 1.54) is 32.1 Å². The second-order valence-corrected chi connectivity index (χ2v) is 3.83. The van der Waals surface area contributed by atoms with E-state index in [4.69, 9.17) is 9.47 Å². The molecule has 1 N–H and O–H groups in total. The Morgan fingerprint density at radius 1 is 1.08 bits per heavy atom. The van der Waals surface area contributed by atoms with Crippen molar-refractivity contribution >= 4 is 0 Å². The van der Waals surface area contributed by atoms with Gasteiger partial charge < -0.3 is 9.47 Å². The van der Waals surface area contributed by atoms with Crippen molar-refractivity contribution in [3.05, 3.63) is 0 Å². The third-order valence-corrected chi connectivity index (χ3v) is 2.85. The number of hydrogen-bond donors (Lipinski definition) is 1. The zero-order valence-electron chi connectivity index (χ0n) is 8.93. The standard InChI is InChI=1S/C10H21NO2/c1-10(12-2,13-3)11-9-7-5-4-6-8-9/h9,11H,4-8H2,1-3H3. The summed E-state index contributed by atoms with van der Waals surface area (Å²) in [7, 11) is 3.33. The third-order valence-electron chi connectivity index (χ3n) is 2.85. The fourth-order valence-electron chi connectivity index (χ4n) is 1.82. The maximum atomic E-state index is 5.26. The lowest BCUT2D eigenvalue weighted by Crippen LogP contribution is -2.51. The van der Waals surface area contributed by atoms with E-state index in [0.29, 0.717) is 6.04 Å². The number of ether oxygens (including phenoxy) is 2. The van der Waals surface area contributed by atoms with Crippen molar-refractivity contribution in [2.24, 2.45) is 0 Å². The fraction of sp³-hybridized carbons (Fsp3) is 1.00. The van der Waals surface area contributed by atoms with Gasteiger partial charge in [0, 0.05) is 27.2 Å². The highest BCUT2D eigenvalue weighted by Gasteiger charge is 2.26. The van der Waals surface area contributed by atoms with Crippen molar-refractivity contribution in [1.29, 1.82) is 0 Å². The van der Waals surface area contributed by atoms with Crippen molar-refractivity contribution in [3.63, 3.8) is 0 Å². The Balaban J connectivity index is 2.35. The molecule has 0 aromatic carbocycles. The van der Waals surface area contributed by atoms with Crippen LogP contribution in [0.3, 0.4) is 0 Å². The molecule has 3 nitrogen and oxygen atoms in total. The molecule has 1 aliphatic carbocycles. The Labute approximate surface area is 80.8 Å². The lowest BCUT2D eigenvalue weighted by atomic mass is 9.95. The molecule has 0 spiro atoms. The molecule has 0 radical (unpaired) electrons. The van der Waals surface area contributed by atoms with Gasteiger partial charge in [0.15, 0.2) is 0 Å². The lowest BCUT2D eigenvalue weighted by molar-refractivity contribution is -0.220. The molecule has 0 unspecified atom stereocenters. The first-order chi connectivity index (χ1) is 6.20. The Bertz CT molecular complexity index is 140. The van der Waals surface area contributed by atoms with Gasteiger partial charge in [-0.25, -0.2) is 0 Å². The highest BCUT2D eigenvalue weighted by Crippen LogP contribution is 2.20. The van der Waals surface area contributed by atoms with Gasteiger partial charge in [0.05, 0.1) is 0 Å². The van der Waals surface area contributed by atoms with E-state index < -0.39 is 5.91 Å². The Morgan fingerprint density at radius 3 is 2.08 bits per heavy atom. The minimum absolute atomic E-state index is 0.554. The largest absolute Gasteiger partial charge is 0.341 e. The van der Waals surface area contributed by atoms with Crippen LogP contribution in [-0.4, -0.2) is 26.2 Å². The molecular weight excluding hydrogens is 166 g/mol. The smallest absolute Gasteiger partial charge is 0.224 e. The third kappa shape index (κ3) is 3.25.